The molecule has 1 aromatic rings. The number of unbranched alkanes of at least 4 members (excludes halogenated alkanes) is 1. The van der Waals surface area contributed by atoms with E-state index in [1.165, 1.54) is 25.0 Å². The smallest absolute Gasteiger partial charge is 0.124 e. The molecule has 1 N–H and O–H groups in total. The molecule has 1 nitrogen and oxygen atoms in total. The van der Waals surface area contributed by atoms with Crippen LogP contribution < -0.4 is 5.32 Å². The van der Waals surface area contributed by atoms with Crippen molar-refractivity contribution in [1.82, 2.24) is 5.32 Å². The molecule has 0 saturated carbocycles. The number of hydrogen-bond acceptors (Lipinski definition) is 1. The van der Waals surface area contributed by atoms with Crippen molar-refractivity contribution in [1.29, 1.82) is 0 Å². The Morgan fingerprint density at radius 2 is 2.21 bits per heavy atom. The topological polar surface area (TPSA) is 12.0 Å². The molecule has 0 aliphatic heterocycles. The minimum absolute atomic E-state index is 0.200. The molecule has 0 aliphatic carbocycles. The summed E-state index contributed by atoms with van der Waals surface area (Å²) in [4.78, 5) is 0. The Morgan fingerprint density at radius 1 is 1.43 bits per heavy atom. The Morgan fingerprint density at radius 3 is 2.86 bits per heavy atom. The van der Waals surface area contributed by atoms with Crippen molar-refractivity contribution in [3.05, 3.63) is 34.1 Å². The second-order valence-corrected chi connectivity index (χ2v) is 4.12. The zero-order valence-electron chi connectivity index (χ0n) is 8.32. The van der Waals surface area contributed by atoms with E-state index < -0.39 is 0 Å². The molecular formula is C11H15BrFN. The average molecular weight is 260 g/mol. The third-order valence-electron chi connectivity index (χ3n) is 2.04. The van der Waals surface area contributed by atoms with Crippen molar-refractivity contribution in [3.63, 3.8) is 0 Å². The van der Waals surface area contributed by atoms with Gasteiger partial charge in [-0.05, 0) is 30.7 Å². The monoisotopic (exact) mass is 259 g/mol. The standard InChI is InChI=1S/C11H15BrFN/c1-2-3-6-14-8-9-4-5-10(13)7-11(9)12/h4-5,7,14H,2-3,6,8H2,1H3. The number of nitrogens with one attached hydrogen (secondary N) is 1. The lowest BCUT2D eigenvalue weighted by atomic mass is 10.2. The maximum absolute atomic E-state index is 12.7. The Kier molecular flexibility index (Phi) is 5.12. The molecule has 0 amide bonds. The quantitative estimate of drug-likeness (QED) is 0.799. The lowest BCUT2D eigenvalue weighted by Crippen LogP contribution is -2.14. The first-order valence-corrected chi connectivity index (χ1v) is 5.68. The molecule has 0 fully saturated rings. The highest BCUT2D eigenvalue weighted by atomic mass is 79.9. The SMILES string of the molecule is CCCCNCc1ccc(F)cc1Br. The zero-order valence-corrected chi connectivity index (χ0v) is 9.90. The fraction of sp³-hybridized carbons (Fsp3) is 0.455. The van der Waals surface area contributed by atoms with Crippen LogP contribution in [0.3, 0.4) is 0 Å². The van der Waals surface area contributed by atoms with E-state index in [0.717, 1.165) is 23.1 Å². The highest BCUT2D eigenvalue weighted by Gasteiger charge is 2.00. The summed E-state index contributed by atoms with van der Waals surface area (Å²) in [6.45, 7) is 3.97. The lowest BCUT2D eigenvalue weighted by molar-refractivity contribution is 0.619. The third kappa shape index (κ3) is 3.76. The molecule has 0 unspecified atom stereocenters. The van der Waals surface area contributed by atoms with Gasteiger partial charge in [-0.15, -0.1) is 0 Å². The Balaban J connectivity index is 2.42. The highest BCUT2D eigenvalue weighted by molar-refractivity contribution is 9.10. The van der Waals surface area contributed by atoms with Crippen LogP contribution >= 0.6 is 15.9 Å². The molecule has 3 heteroatoms. The molecule has 0 heterocycles. The Hall–Kier alpha value is -0.410. The third-order valence-corrected chi connectivity index (χ3v) is 2.78. The zero-order chi connectivity index (χ0) is 10.4. The number of rotatable bonds is 5. The summed E-state index contributed by atoms with van der Waals surface area (Å²) in [7, 11) is 0. The average Bonchev–Trinajstić information content (AvgIpc) is 2.15. The molecular weight excluding hydrogens is 245 g/mol. The van der Waals surface area contributed by atoms with Gasteiger partial charge in [0.2, 0.25) is 0 Å². The second kappa shape index (κ2) is 6.14. The highest BCUT2D eigenvalue weighted by Crippen LogP contribution is 2.17. The summed E-state index contributed by atoms with van der Waals surface area (Å²) in [6.07, 6.45) is 2.37. The van der Waals surface area contributed by atoms with E-state index in [0.29, 0.717) is 0 Å². The van der Waals surface area contributed by atoms with Gasteiger partial charge >= 0.3 is 0 Å². The molecule has 0 radical (unpaired) electrons. The predicted molar refractivity (Wildman–Crippen MR) is 60.7 cm³/mol. The van der Waals surface area contributed by atoms with Crippen LogP contribution in [0.15, 0.2) is 22.7 Å². The molecule has 0 spiro atoms. The van der Waals surface area contributed by atoms with E-state index in [1.807, 2.05) is 0 Å². The van der Waals surface area contributed by atoms with Crippen LogP contribution in [0.4, 0.5) is 4.39 Å². The molecule has 1 rings (SSSR count). The number of hydrogen-bond donors (Lipinski definition) is 1. The Bertz CT molecular complexity index is 289. The van der Waals surface area contributed by atoms with Gasteiger partial charge in [0.15, 0.2) is 0 Å². The first-order valence-electron chi connectivity index (χ1n) is 4.88. The molecule has 14 heavy (non-hydrogen) atoms. The van der Waals surface area contributed by atoms with Gasteiger partial charge in [0.25, 0.3) is 0 Å². The molecule has 0 aliphatic rings. The van der Waals surface area contributed by atoms with Gasteiger partial charge in [0.05, 0.1) is 0 Å². The molecule has 0 aromatic heterocycles. The van der Waals surface area contributed by atoms with Gasteiger partial charge in [0.1, 0.15) is 5.82 Å². The first-order chi connectivity index (χ1) is 6.74. The van der Waals surface area contributed by atoms with E-state index in [-0.39, 0.29) is 5.82 Å². The lowest BCUT2D eigenvalue weighted by Gasteiger charge is -2.06. The van der Waals surface area contributed by atoms with Gasteiger partial charge < -0.3 is 5.32 Å². The van der Waals surface area contributed by atoms with Crippen LogP contribution in [0.5, 0.6) is 0 Å². The fourth-order valence-electron chi connectivity index (χ4n) is 1.19. The van der Waals surface area contributed by atoms with Crippen LogP contribution in [0.2, 0.25) is 0 Å². The van der Waals surface area contributed by atoms with Crippen molar-refractivity contribution in [2.45, 2.75) is 26.3 Å². The van der Waals surface area contributed by atoms with E-state index in [4.69, 9.17) is 0 Å². The van der Waals surface area contributed by atoms with Crippen molar-refractivity contribution in [2.24, 2.45) is 0 Å². The molecule has 0 atom stereocenters. The van der Waals surface area contributed by atoms with Crippen LogP contribution in [-0.4, -0.2) is 6.54 Å². The summed E-state index contributed by atoms with van der Waals surface area (Å²) in [6, 6.07) is 4.79. The van der Waals surface area contributed by atoms with E-state index in [1.54, 1.807) is 6.07 Å². The van der Waals surface area contributed by atoms with Gasteiger partial charge in [-0.25, -0.2) is 4.39 Å². The van der Waals surface area contributed by atoms with Crippen LogP contribution in [-0.2, 0) is 6.54 Å². The largest absolute Gasteiger partial charge is 0.313 e. The van der Waals surface area contributed by atoms with Gasteiger partial charge in [0, 0.05) is 11.0 Å². The summed E-state index contributed by atoms with van der Waals surface area (Å²) in [5.41, 5.74) is 1.10. The van der Waals surface area contributed by atoms with Gasteiger partial charge in [-0.1, -0.05) is 35.3 Å². The minimum Gasteiger partial charge on any atom is -0.313 e. The molecule has 0 bridgehead atoms. The normalized spacial score (nSPS) is 10.5. The van der Waals surface area contributed by atoms with Crippen LogP contribution in [0, 0.1) is 5.82 Å². The van der Waals surface area contributed by atoms with Crippen molar-refractivity contribution < 1.29 is 4.39 Å². The Labute approximate surface area is 92.8 Å². The maximum atomic E-state index is 12.7. The van der Waals surface area contributed by atoms with Crippen LogP contribution in [0.25, 0.3) is 0 Å². The molecule has 1 aromatic carbocycles. The summed E-state index contributed by atoms with van der Waals surface area (Å²) in [5, 5.41) is 3.31. The summed E-state index contributed by atoms with van der Waals surface area (Å²) in [5.74, 6) is -0.200. The van der Waals surface area contributed by atoms with E-state index in [2.05, 4.69) is 28.2 Å². The maximum Gasteiger partial charge on any atom is 0.124 e. The minimum atomic E-state index is -0.200. The van der Waals surface area contributed by atoms with E-state index >= 15 is 0 Å². The van der Waals surface area contributed by atoms with Gasteiger partial charge in [-0.3, -0.25) is 0 Å². The van der Waals surface area contributed by atoms with Crippen molar-refractivity contribution >= 4 is 15.9 Å². The number of benzene rings is 1. The summed E-state index contributed by atoms with van der Waals surface area (Å²) >= 11 is 3.34. The molecule has 0 saturated heterocycles. The first kappa shape index (κ1) is 11.7. The van der Waals surface area contributed by atoms with Crippen molar-refractivity contribution in [3.8, 4) is 0 Å². The van der Waals surface area contributed by atoms with Crippen LogP contribution in [0.1, 0.15) is 25.3 Å². The number of halogens is 2. The second-order valence-electron chi connectivity index (χ2n) is 3.27. The van der Waals surface area contributed by atoms with E-state index in [9.17, 15) is 4.39 Å². The van der Waals surface area contributed by atoms with Crippen molar-refractivity contribution in [2.75, 3.05) is 6.54 Å². The fourth-order valence-corrected chi connectivity index (χ4v) is 1.68. The molecule has 78 valence electrons. The predicted octanol–water partition coefficient (Wildman–Crippen LogP) is 3.48. The van der Waals surface area contributed by atoms with Gasteiger partial charge in [-0.2, -0.15) is 0 Å². The summed E-state index contributed by atoms with van der Waals surface area (Å²) < 4.78 is 13.6.